The van der Waals surface area contributed by atoms with E-state index < -0.39 is 0 Å². The van der Waals surface area contributed by atoms with Gasteiger partial charge in [-0.05, 0) is 29.8 Å². The van der Waals surface area contributed by atoms with Gasteiger partial charge < -0.3 is 14.2 Å². The van der Waals surface area contributed by atoms with Crippen molar-refractivity contribution in [1.82, 2.24) is 14.8 Å². The average molecular weight is 462 g/mol. The van der Waals surface area contributed by atoms with E-state index in [1.54, 1.807) is 14.2 Å². The molecular weight excluding hydrogens is 438 g/mol. The van der Waals surface area contributed by atoms with Crippen LogP contribution < -0.4 is 9.47 Å². The maximum Gasteiger partial charge on any atom is 0.316 e. The molecule has 1 aromatic heterocycles. The van der Waals surface area contributed by atoms with Gasteiger partial charge in [0.1, 0.15) is 18.1 Å². The molecule has 0 atom stereocenters. The summed E-state index contributed by atoms with van der Waals surface area (Å²) in [4.78, 5) is 12.4. The first kappa shape index (κ1) is 22.4. The Bertz CT molecular complexity index is 1230. The standard InChI is InChI=1S/C25H23N3O4S/c1-30-21-14-8-6-12-19(21)24-26-27-25(28(24)20-13-7-9-15-22(20)31-2)33-17-23(29)32-16-18-10-4-3-5-11-18/h3-15H,16-17H2,1-2H3. The molecule has 0 bridgehead atoms. The highest BCUT2D eigenvalue weighted by molar-refractivity contribution is 7.99. The third kappa shape index (κ3) is 5.18. The first-order valence-corrected chi connectivity index (χ1v) is 11.2. The van der Waals surface area contributed by atoms with Gasteiger partial charge in [-0.3, -0.25) is 9.36 Å². The summed E-state index contributed by atoms with van der Waals surface area (Å²) in [5.74, 6) is 1.66. The maximum atomic E-state index is 12.4. The summed E-state index contributed by atoms with van der Waals surface area (Å²) in [6, 6.07) is 24.7. The minimum atomic E-state index is -0.336. The Morgan fingerprint density at radius 1 is 0.848 bits per heavy atom. The number of nitrogens with zero attached hydrogens (tertiary/aromatic N) is 3. The van der Waals surface area contributed by atoms with E-state index in [1.807, 2.05) is 83.4 Å². The van der Waals surface area contributed by atoms with Gasteiger partial charge in [-0.25, -0.2) is 0 Å². The molecule has 0 aliphatic heterocycles. The van der Waals surface area contributed by atoms with Crippen LogP contribution in [0.15, 0.2) is 84.0 Å². The average Bonchev–Trinajstić information content (AvgIpc) is 3.30. The van der Waals surface area contributed by atoms with Crippen LogP contribution in [0.1, 0.15) is 5.56 Å². The lowest BCUT2D eigenvalue weighted by atomic mass is 10.2. The van der Waals surface area contributed by atoms with Gasteiger partial charge in [0.05, 0.1) is 31.2 Å². The summed E-state index contributed by atoms with van der Waals surface area (Å²) in [7, 11) is 3.22. The Balaban J connectivity index is 1.63. The van der Waals surface area contributed by atoms with Crippen molar-refractivity contribution in [2.45, 2.75) is 11.8 Å². The van der Waals surface area contributed by atoms with Crippen LogP contribution in [-0.2, 0) is 16.1 Å². The molecule has 4 rings (SSSR count). The topological polar surface area (TPSA) is 75.5 Å². The smallest absolute Gasteiger partial charge is 0.316 e. The fourth-order valence-electron chi connectivity index (χ4n) is 3.30. The summed E-state index contributed by atoms with van der Waals surface area (Å²) in [6.07, 6.45) is 0. The molecule has 3 aromatic carbocycles. The highest BCUT2D eigenvalue weighted by atomic mass is 32.2. The third-order valence-corrected chi connectivity index (χ3v) is 5.77. The molecule has 0 N–H and O–H groups in total. The number of carbonyl (C=O) groups excluding carboxylic acids is 1. The quantitative estimate of drug-likeness (QED) is 0.262. The number of rotatable bonds is 9. The maximum absolute atomic E-state index is 12.4. The molecule has 8 heteroatoms. The molecule has 0 amide bonds. The summed E-state index contributed by atoms with van der Waals surface area (Å²) >= 11 is 1.25. The molecule has 0 saturated carbocycles. The minimum absolute atomic E-state index is 0.0893. The van der Waals surface area contributed by atoms with Crippen LogP contribution in [0.4, 0.5) is 0 Å². The van der Waals surface area contributed by atoms with Crippen molar-refractivity contribution in [3.8, 4) is 28.6 Å². The number of benzene rings is 3. The minimum Gasteiger partial charge on any atom is -0.496 e. The first-order valence-electron chi connectivity index (χ1n) is 10.3. The van der Waals surface area contributed by atoms with Gasteiger partial charge >= 0.3 is 5.97 Å². The third-order valence-electron chi connectivity index (χ3n) is 4.87. The lowest BCUT2D eigenvalue weighted by molar-refractivity contribution is -0.141. The number of thioether (sulfide) groups is 1. The molecule has 4 aromatic rings. The van der Waals surface area contributed by atoms with E-state index in [0.717, 1.165) is 16.8 Å². The van der Waals surface area contributed by atoms with Crippen molar-refractivity contribution in [3.63, 3.8) is 0 Å². The van der Waals surface area contributed by atoms with Gasteiger partial charge in [0.2, 0.25) is 0 Å². The normalized spacial score (nSPS) is 10.6. The van der Waals surface area contributed by atoms with Gasteiger partial charge in [0.15, 0.2) is 11.0 Å². The van der Waals surface area contributed by atoms with E-state index in [1.165, 1.54) is 11.8 Å². The molecule has 0 aliphatic rings. The highest BCUT2D eigenvalue weighted by Crippen LogP contribution is 2.35. The molecule has 0 saturated heterocycles. The van der Waals surface area contributed by atoms with Gasteiger partial charge in [0.25, 0.3) is 0 Å². The monoisotopic (exact) mass is 461 g/mol. The molecule has 33 heavy (non-hydrogen) atoms. The van der Waals surface area contributed by atoms with Crippen LogP contribution in [0.3, 0.4) is 0 Å². The van der Waals surface area contributed by atoms with Crippen molar-refractivity contribution >= 4 is 17.7 Å². The van der Waals surface area contributed by atoms with E-state index in [4.69, 9.17) is 14.2 Å². The number of carbonyl (C=O) groups is 1. The van der Waals surface area contributed by atoms with Crippen LogP contribution in [0.2, 0.25) is 0 Å². The van der Waals surface area contributed by atoms with Gasteiger partial charge in [-0.15, -0.1) is 10.2 Å². The lowest BCUT2D eigenvalue weighted by Crippen LogP contribution is -2.09. The Morgan fingerprint density at radius 3 is 2.27 bits per heavy atom. The van der Waals surface area contributed by atoms with E-state index in [9.17, 15) is 4.79 Å². The van der Waals surface area contributed by atoms with Crippen molar-refractivity contribution in [1.29, 1.82) is 0 Å². The zero-order chi connectivity index (χ0) is 23.0. The van der Waals surface area contributed by atoms with Gasteiger partial charge in [-0.2, -0.15) is 0 Å². The van der Waals surface area contributed by atoms with Crippen LogP contribution in [-0.4, -0.2) is 40.7 Å². The summed E-state index contributed by atoms with van der Waals surface area (Å²) in [5.41, 5.74) is 2.47. The Hall–Kier alpha value is -3.78. The fraction of sp³-hybridized carbons (Fsp3) is 0.160. The molecule has 0 radical (unpaired) electrons. The zero-order valence-corrected chi connectivity index (χ0v) is 19.1. The summed E-state index contributed by atoms with van der Waals surface area (Å²) in [5, 5.41) is 9.33. The number of esters is 1. The Labute approximate surface area is 196 Å². The number of hydrogen-bond acceptors (Lipinski definition) is 7. The van der Waals surface area contributed by atoms with Crippen molar-refractivity contribution in [3.05, 3.63) is 84.4 Å². The number of hydrogen-bond donors (Lipinski definition) is 0. The molecule has 0 fully saturated rings. The second-order valence-corrected chi connectivity index (χ2v) is 7.89. The van der Waals surface area contributed by atoms with Crippen molar-refractivity contribution in [2.24, 2.45) is 0 Å². The number of ether oxygens (including phenoxy) is 3. The van der Waals surface area contributed by atoms with Crippen molar-refractivity contribution < 1.29 is 19.0 Å². The Kier molecular flexibility index (Phi) is 7.26. The van der Waals surface area contributed by atoms with Crippen LogP contribution in [0.5, 0.6) is 11.5 Å². The molecule has 0 aliphatic carbocycles. The van der Waals surface area contributed by atoms with Crippen LogP contribution in [0, 0.1) is 0 Å². The molecular formula is C25H23N3O4S. The fourth-order valence-corrected chi connectivity index (χ4v) is 4.04. The molecule has 0 spiro atoms. The van der Waals surface area contributed by atoms with E-state index >= 15 is 0 Å². The molecule has 0 unspecified atom stereocenters. The number of para-hydroxylation sites is 3. The molecule has 168 valence electrons. The number of methoxy groups -OCH3 is 2. The second kappa shape index (κ2) is 10.7. The lowest BCUT2D eigenvalue weighted by Gasteiger charge is -2.15. The SMILES string of the molecule is COc1ccccc1-c1nnc(SCC(=O)OCc2ccccc2)n1-c1ccccc1OC. The van der Waals surface area contributed by atoms with E-state index in [-0.39, 0.29) is 18.3 Å². The highest BCUT2D eigenvalue weighted by Gasteiger charge is 2.22. The predicted octanol–water partition coefficient (Wildman–Crippen LogP) is 4.79. The molecule has 7 nitrogen and oxygen atoms in total. The first-order chi connectivity index (χ1) is 16.2. The second-order valence-electron chi connectivity index (χ2n) is 6.95. The number of aromatic nitrogens is 3. The van der Waals surface area contributed by atoms with Gasteiger partial charge in [0, 0.05) is 0 Å². The van der Waals surface area contributed by atoms with E-state index in [0.29, 0.717) is 22.5 Å². The summed E-state index contributed by atoms with van der Waals surface area (Å²) in [6.45, 7) is 0.228. The molecule has 1 heterocycles. The van der Waals surface area contributed by atoms with Crippen molar-refractivity contribution in [2.75, 3.05) is 20.0 Å². The predicted molar refractivity (Wildman–Crippen MR) is 127 cm³/mol. The van der Waals surface area contributed by atoms with Crippen LogP contribution in [0.25, 0.3) is 17.1 Å². The largest absolute Gasteiger partial charge is 0.496 e. The zero-order valence-electron chi connectivity index (χ0n) is 18.3. The van der Waals surface area contributed by atoms with Gasteiger partial charge in [-0.1, -0.05) is 66.4 Å². The Morgan fingerprint density at radius 2 is 1.52 bits per heavy atom. The van der Waals surface area contributed by atoms with Crippen LogP contribution >= 0.6 is 11.8 Å². The van der Waals surface area contributed by atoms with E-state index in [2.05, 4.69) is 10.2 Å². The summed E-state index contributed by atoms with van der Waals surface area (Å²) < 4.78 is 18.4.